The lowest BCUT2D eigenvalue weighted by molar-refractivity contribution is -0.138. The first-order chi connectivity index (χ1) is 22.1. The predicted molar refractivity (Wildman–Crippen MR) is 186 cm³/mol. The van der Waals surface area contributed by atoms with Crippen LogP contribution in [0.5, 0.6) is 5.75 Å². The number of fused-ring (bicyclic) bond motifs is 3. The van der Waals surface area contributed by atoms with Gasteiger partial charge in [0.25, 0.3) is 0 Å². The highest BCUT2D eigenvalue weighted by Crippen LogP contribution is 2.57. The molecule has 1 aliphatic rings. The lowest BCUT2D eigenvalue weighted by Crippen LogP contribution is -2.30. The molecule has 0 saturated carbocycles. The summed E-state index contributed by atoms with van der Waals surface area (Å²) in [7, 11) is 5.86. The van der Waals surface area contributed by atoms with Crippen LogP contribution in [0.4, 0.5) is 0 Å². The molecule has 4 aromatic carbocycles. The van der Waals surface area contributed by atoms with Crippen LogP contribution in [0.15, 0.2) is 72.8 Å². The second-order valence-corrected chi connectivity index (χ2v) is 12.7. The van der Waals surface area contributed by atoms with Crippen LogP contribution in [-0.4, -0.2) is 63.6 Å². The zero-order valence-electron chi connectivity index (χ0n) is 28.7. The molecular formula is C40H48N2O4. The van der Waals surface area contributed by atoms with Crippen molar-refractivity contribution in [3.63, 3.8) is 0 Å². The SMILES string of the molecule is CCCN(C)OCCc1ccc(C2(c3ccc(OCN(C)C)c(C(=O)OCC)c3)c3cc(C)ccc3-c3ccc(C)cc32)cc1C. The summed E-state index contributed by atoms with van der Waals surface area (Å²) in [5.41, 5.74) is 11.6. The molecule has 0 aromatic heterocycles. The van der Waals surface area contributed by atoms with E-state index in [0.29, 0.717) is 24.7 Å². The Kier molecular flexibility index (Phi) is 10.3. The second-order valence-electron chi connectivity index (χ2n) is 12.7. The number of carbonyl (C=O) groups is 1. The summed E-state index contributed by atoms with van der Waals surface area (Å²) in [5.74, 6) is 0.123. The van der Waals surface area contributed by atoms with E-state index in [-0.39, 0.29) is 12.6 Å². The van der Waals surface area contributed by atoms with E-state index in [9.17, 15) is 4.79 Å². The molecule has 242 valence electrons. The Morgan fingerprint density at radius 3 is 2.00 bits per heavy atom. The fourth-order valence-corrected chi connectivity index (χ4v) is 6.70. The third-order valence-electron chi connectivity index (χ3n) is 8.83. The Bertz CT molecular complexity index is 1660. The number of benzene rings is 4. The topological polar surface area (TPSA) is 51.2 Å². The molecular weight excluding hydrogens is 572 g/mol. The van der Waals surface area contributed by atoms with Gasteiger partial charge in [-0.25, -0.2) is 4.79 Å². The van der Waals surface area contributed by atoms with E-state index in [1.807, 2.05) is 50.2 Å². The van der Waals surface area contributed by atoms with E-state index in [0.717, 1.165) is 30.5 Å². The summed E-state index contributed by atoms with van der Waals surface area (Å²) in [6.45, 7) is 12.6. The molecule has 0 aliphatic heterocycles. The number of nitrogens with zero attached hydrogens (tertiary/aromatic N) is 2. The summed E-state index contributed by atoms with van der Waals surface area (Å²) >= 11 is 0. The summed E-state index contributed by atoms with van der Waals surface area (Å²) in [6, 6.07) is 26.4. The maximum absolute atomic E-state index is 13.5. The van der Waals surface area contributed by atoms with E-state index < -0.39 is 5.41 Å². The minimum atomic E-state index is -0.662. The van der Waals surface area contributed by atoms with Gasteiger partial charge >= 0.3 is 5.97 Å². The van der Waals surface area contributed by atoms with Gasteiger partial charge in [-0.15, -0.1) is 0 Å². The van der Waals surface area contributed by atoms with Crippen molar-refractivity contribution in [2.24, 2.45) is 0 Å². The smallest absolute Gasteiger partial charge is 0.341 e. The van der Waals surface area contributed by atoms with Crippen LogP contribution >= 0.6 is 0 Å². The average molecular weight is 621 g/mol. The molecule has 46 heavy (non-hydrogen) atoms. The van der Waals surface area contributed by atoms with Gasteiger partial charge in [0.2, 0.25) is 0 Å². The Labute approximate surface area is 274 Å². The van der Waals surface area contributed by atoms with Gasteiger partial charge in [-0.3, -0.25) is 9.74 Å². The van der Waals surface area contributed by atoms with E-state index in [2.05, 4.69) is 88.4 Å². The van der Waals surface area contributed by atoms with Crippen molar-refractivity contribution in [3.8, 4) is 16.9 Å². The van der Waals surface area contributed by atoms with Crippen molar-refractivity contribution in [3.05, 3.63) is 123 Å². The molecule has 6 nitrogen and oxygen atoms in total. The maximum Gasteiger partial charge on any atom is 0.341 e. The van der Waals surface area contributed by atoms with E-state index in [1.165, 1.54) is 44.5 Å². The molecule has 0 amide bonds. The molecule has 5 rings (SSSR count). The lowest BCUT2D eigenvalue weighted by Gasteiger charge is -2.35. The maximum atomic E-state index is 13.5. The Hall–Kier alpha value is -3.97. The van der Waals surface area contributed by atoms with Crippen molar-refractivity contribution < 1.29 is 19.1 Å². The zero-order chi connectivity index (χ0) is 33.0. The monoisotopic (exact) mass is 620 g/mol. The fraction of sp³-hybridized carbons (Fsp3) is 0.375. The molecule has 0 heterocycles. The summed E-state index contributed by atoms with van der Waals surface area (Å²) in [4.78, 5) is 21.4. The molecule has 6 heteroatoms. The van der Waals surface area contributed by atoms with Gasteiger partial charge in [-0.05, 0) is 111 Å². The lowest BCUT2D eigenvalue weighted by atomic mass is 9.66. The van der Waals surface area contributed by atoms with Gasteiger partial charge in [-0.1, -0.05) is 78.7 Å². The molecule has 4 aromatic rings. The average Bonchev–Trinajstić information content (AvgIpc) is 3.30. The van der Waals surface area contributed by atoms with Crippen molar-refractivity contribution in [2.75, 3.05) is 47.6 Å². The molecule has 0 spiro atoms. The van der Waals surface area contributed by atoms with Crippen LogP contribution in [0.3, 0.4) is 0 Å². The number of hydroxylamine groups is 2. The van der Waals surface area contributed by atoms with Crippen LogP contribution in [0.25, 0.3) is 11.1 Å². The van der Waals surface area contributed by atoms with Crippen LogP contribution in [0.1, 0.15) is 75.1 Å². The number of hydrogen-bond donors (Lipinski definition) is 0. The van der Waals surface area contributed by atoms with Crippen LogP contribution < -0.4 is 4.74 Å². The van der Waals surface area contributed by atoms with Crippen molar-refractivity contribution in [1.82, 2.24) is 9.96 Å². The second kappa shape index (κ2) is 14.2. The fourth-order valence-electron chi connectivity index (χ4n) is 6.70. The number of esters is 1. The predicted octanol–water partition coefficient (Wildman–Crippen LogP) is 7.87. The quantitative estimate of drug-likeness (QED) is 0.0759. The van der Waals surface area contributed by atoms with Gasteiger partial charge in [0.05, 0.1) is 18.6 Å². The van der Waals surface area contributed by atoms with E-state index >= 15 is 0 Å². The van der Waals surface area contributed by atoms with Gasteiger partial charge in [0, 0.05) is 13.6 Å². The highest BCUT2D eigenvalue weighted by atomic mass is 16.7. The van der Waals surface area contributed by atoms with Crippen molar-refractivity contribution in [1.29, 1.82) is 0 Å². The van der Waals surface area contributed by atoms with Gasteiger partial charge in [0.1, 0.15) is 18.0 Å². The van der Waals surface area contributed by atoms with E-state index in [1.54, 1.807) is 0 Å². The highest BCUT2D eigenvalue weighted by Gasteiger charge is 2.47. The number of hydrogen-bond acceptors (Lipinski definition) is 6. The Morgan fingerprint density at radius 2 is 1.41 bits per heavy atom. The summed E-state index contributed by atoms with van der Waals surface area (Å²) in [6.07, 6.45) is 1.87. The molecule has 0 N–H and O–H groups in total. The van der Waals surface area contributed by atoms with Crippen molar-refractivity contribution in [2.45, 2.75) is 52.9 Å². The largest absolute Gasteiger partial charge is 0.477 e. The van der Waals surface area contributed by atoms with Gasteiger partial charge in [0.15, 0.2) is 0 Å². The third-order valence-corrected chi connectivity index (χ3v) is 8.83. The number of aryl methyl sites for hydroxylation is 3. The zero-order valence-corrected chi connectivity index (χ0v) is 28.7. The van der Waals surface area contributed by atoms with Crippen LogP contribution in [0, 0.1) is 20.8 Å². The Morgan fingerprint density at radius 1 is 0.783 bits per heavy atom. The van der Waals surface area contributed by atoms with Crippen molar-refractivity contribution >= 4 is 5.97 Å². The molecule has 0 radical (unpaired) electrons. The summed E-state index contributed by atoms with van der Waals surface area (Å²) < 4.78 is 11.7. The molecule has 0 unspecified atom stereocenters. The minimum Gasteiger partial charge on any atom is -0.477 e. The van der Waals surface area contributed by atoms with Gasteiger partial charge < -0.3 is 9.47 Å². The first kappa shape index (κ1) is 33.4. The Balaban J connectivity index is 1.74. The standard InChI is InChI=1S/C40H48N2O4/c1-9-20-42(8)46-21-19-30-13-14-31(24-29(30)5)40(32-15-18-38(45-26-41(6)7)35(25-32)39(43)44-10-2)36-22-27(3)11-16-33(36)34-17-12-28(4)23-37(34)40/h11-18,22-25H,9-10,19-21,26H2,1-8H3. The number of ether oxygens (including phenoxy) is 2. The van der Waals surface area contributed by atoms with Crippen LogP contribution in [0.2, 0.25) is 0 Å². The normalized spacial score (nSPS) is 13.2. The highest BCUT2D eigenvalue weighted by molar-refractivity contribution is 5.94. The first-order valence-corrected chi connectivity index (χ1v) is 16.4. The number of carbonyl (C=O) groups excluding carboxylic acids is 1. The summed E-state index contributed by atoms with van der Waals surface area (Å²) in [5, 5.41) is 1.92. The van der Waals surface area contributed by atoms with Gasteiger partial charge in [-0.2, -0.15) is 5.06 Å². The van der Waals surface area contributed by atoms with Crippen LogP contribution in [-0.2, 0) is 21.4 Å². The minimum absolute atomic E-state index is 0.282. The molecule has 0 bridgehead atoms. The molecule has 0 saturated heterocycles. The molecule has 0 fully saturated rings. The molecule has 0 atom stereocenters. The molecule has 1 aliphatic carbocycles. The number of rotatable bonds is 13. The first-order valence-electron chi connectivity index (χ1n) is 16.4. The third kappa shape index (κ3) is 6.48. The van der Waals surface area contributed by atoms with E-state index in [4.69, 9.17) is 14.3 Å².